The fourth-order valence-corrected chi connectivity index (χ4v) is 1.67. The molecule has 5 nitrogen and oxygen atoms in total. The second-order valence-electron chi connectivity index (χ2n) is 4.44. The van der Waals surface area contributed by atoms with Gasteiger partial charge in [-0.05, 0) is 19.3 Å². The molecule has 80 valence electrons. The molecule has 4 N–H and O–H groups in total. The summed E-state index contributed by atoms with van der Waals surface area (Å²) in [5.41, 5.74) is 5.61. The van der Waals surface area contributed by atoms with E-state index in [2.05, 4.69) is 15.3 Å². The first-order chi connectivity index (χ1) is 7.22. The smallest absolute Gasteiger partial charge is 0.252 e. The molecule has 0 saturated heterocycles. The van der Waals surface area contributed by atoms with Crippen molar-refractivity contribution in [1.82, 2.24) is 9.97 Å². The second kappa shape index (κ2) is 3.06. The quantitative estimate of drug-likeness (QED) is 0.657. The Morgan fingerprint density at radius 2 is 2.27 bits per heavy atom. The highest BCUT2D eigenvalue weighted by Gasteiger charge is 2.34. The molecule has 1 aromatic rings. The first-order valence-corrected chi connectivity index (χ1v) is 5.36. The molecular formula is C10H14N4O. The summed E-state index contributed by atoms with van der Waals surface area (Å²) in [5, 5.41) is 3.17. The number of hydrogen-bond donors (Lipinski definition) is 3. The number of aromatic nitrogens is 2. The first-order valence-electron chi connectivity index (χ1n) is 5.36. The van der Waals surface area contributed by atoms with E-state index in [1.807, 2.05) is 0 Å². The number of anilines is 1. The summed E-state index contributed by atoms with van der Waals surface area (Å²) in [5.74, 6) is 1.95. The highest BCUT2D eigenvalue weighted by atomic mass is 16.1. The Balaban J connectivity index is 1.83. The monoisotopic (exact) mass is 206 g/mol. The Bertz CT molecular complexity index is 437. The molecule has 0 aliphatic heterocycles. The van der Waals surface area contributed by atoms with Gasteiger partial charge in [0.25, 0.3) is 5.56 Å². The van der Waals surface area contributed by atoms with Crippen molar-refractivity contribution in [2.75, 3.05) is 5.32 Å². The van der Waals surface area contributed by atoms with Crippen LogP contribution in [0, 0.1) is 0 Å². The lowest BCUT2D eigenvalue weighted by molar-refractivity contribution is 0.898. The zero-order valence-electron chi connectivity index (χ0n) is 8.36. The molecule has 0 radical (unpaired) electrons. The van der Waals surface area contributed by atoms with Crippen molar-refractivity contribution >= 4 is 5.82 Å². The highest BCUT2D eigenvalue weighted by Crippen LogP contribution is 2.37. The lowest BCUT2D eigenvalue weighted by atomic mass is 10.4. The molecule has 15 heavy (non-hydrogen) atoms. The lowest BCUT2D eigenvalue weighted by Crippen LogP contribution is -2.18. The summed E-state index contributed by atoms with van der Waals surface area (Å²) in [4.78, 5) is 18.5. The van der Waals surface area contributed by atoms with Gasteiger partial charge in [-0.1, -0.05) is 0 Å². The molecule has 5 heteroatoms. The van der Waals surface area contributed by atoms with Crippen LogP contribution in [0.3, 0.4) is 0 Å². The molecule has 2 unspecified atom stereocenters. The first kappa shape index (κ1) is 8.91. The molecule has 1 aromatic heterocycles. The van der Waals surface area contributed by atoms with Crippen LogP contribution in [0.2, 0.25) is 0 Å². The topological polar surface area (TPSA) is 83.8 Å². The van der Waals surface area contributed by atoms with E-state index < -0.39 is 0 Å². The Morgan fingerprint density at radius 1 is 1.53 bits per heavy atom. The number of nitrogens with zero attached hydrogens (tertiary/aromatic N) is 1. The van der Waals surface area contributed by atoms with E-state index in [-0.39, 0.29) is 11.6 Å². The third-order valence-electron chi connectivity index (χ3n) is 2.90. The third kappa shape index (κ3) is 1.87. The van der Waals surface area contributed by atoms with Gasteiger partial charge in [0.1, 0.15) is 11.6 Å². The van der Waals surface area contributed by atoms with Gasteiger partial charge in [-0.3, -0.25) is 4.79 Å². The number of nitrogens with one attached hydrogen (secondary N) is 2. The highest BCUT2D eigenvalue weighted by molar-refractivity contribution is 5.38. The van der Waals surface area contributed by atoms with Gasteiger partial charge in [-0.15, -0.1) is 0 Å². The molecule has 2 aliphatic rings. The van der Waals surface area contributed by atoms with Crippen molar-refractivity contribution in [1.29, 1.82) is 0 Å². The van der Waals surface area contributed by atoms with Crippen molar-refractivity contribution in [2.45, 2.75) is 37.3 Å². The molecule has 0 amide bonds. The fraction of sp³-hybridized carbons (Fsp3) is 0.600. The average Bonchev–Trinajstić information content (AvgIpc) is 3.02. The van der Waals surface area contributed by atoms with Gasteiger partial charge in [0.05, 0.1) is 0 Å². The van der Waals surface area contributed by atoms with Gasteiger partial charge in [0.2, 0.25) is 0 Å². The van der Waals surface area contributed by atoms with Gasteiger partial charge in [0, 0.05) is 24.1 Å². The van der Waals surface area contributed by atoms with Crippen LogP contribution in [-0.2, 0) is 0 Å². The van der Waals surface area contributed by atoms with Crippen LogP contribution in [0.1, 0.15) is 31.0 Å². The Labute approximate surface area is 87.1 Å². The van der Waals surface area contributed by atoms with Crippen LogP contribution in [0.4, 0.5) is 5.82 Å². The van der Waals surface area contributed by atoms with Crippen molar-refractivity contribution in [3.8, 4) is 0 Å². The van der Waals surface area contributed by atoms with Gasteiger partial charge in [-0.2, -0.15) is 0 Å². The SMILES string of the molecule is NC1CC1Nc1cc(=O)[nH]c(C2CC2)n1. The predicted molar refractivity (Wildman–Crippen MR) is 56.8 cm³/mol. The summed E-state index contributed by atoms with van der Waals surface area (Å²) in [6, 6.07) is 2.01. The van der Waals surface area contributed by atoms with E-state index in [1.54, 1.807) is 0 Å². The molecular weight excluding hydrogens is 192 g/mol. The molecule has 2 saturated carbocycles. The van der Waals surface area contributed by atoms with Crippen LogP contribution in [0.25, 0.3) is 0 Å². The molecule has 3 rings (SSSR count). The van der Waals surface area contributed by atoms with Crippen LogP contribution in [0.15, 0.2) is 10.9 Å². The largest absolute Gasteiger partial charge is 0.365 e. The second-order valence-corrected chi connectivity index (χ2v) is 4.44. The lowest BCUT2D eigenvalue weighted by Gasteiger charge is -2.05. The maximum Gasteiger partial charge on any atom is 0.252 e. The normalized spacial score (nSPS) is 28.9. The number of nitrogens with two attached hydrogens (primary N) is 1. The van der Waals surface area contributed by atoms with E-state index in [1.165, 1.54) is 6.07 Å². The minimum absolute atomic E-state index is 0.0800. The summed E-state index contributed by atoms with van der Waals surface area (Å²) in [6.07, 6.45) is 3.23. The fourth-order valence-electron chi connectivity index (χ4n) is 1.67. The number of H-pyrrole nitrogens is 1. The van der Waals surface area contributed by atoms with Crippen LogP contribution in [0.5, 0.6) is 0 Å². The van der Waals surface area contributed by atoms with Crippen LogP contribution >= 0.6 is 0 Å². The maximum absolute atomic E-state index is 11.4. The molecule has 0 bridgehead atoms. The third-order valence-corrected chi connectivity index (χ3v) is 2.90. The van der Waals surface area contributed by atoms with E-state index in [0.29, 0.717) is 17.8 Å². The van der Waals surface area contributed by atoms with E-state index in [9.17, 15) is 4.79 Å². The minimum Gasteiger partial charge on any atom is -0.365 e. The summed E-state index contributed by atoms with van der Waals surface area (Å²) < 4.78 is 0. The van der Waals surface area contributed by atoms with E-state index in [4.69, 9.17) is 5.73 Å². The summed E-state index contributed by atoms with van der Waals surface area (Å²) >= 11 is 0. The van der Waals surface area contributed by atoms with Crippen molar-refractivity contribution < 1.29 is 0 Å². The molecule has 0 aromatic carbocycles. The molecule has 2 atom stereocenters. The minimum atomic E-state index is -0.0800. The van der Waals surface area contributed by atoms with Gasteiger partial charge in [0.15, 0.2) is 0 Å². The molecule has 0 spiro atoms. The Hall–Kier alpha value is -1.36. The Morgan fingerprint density at radius 3 is 2.87 bits per heavy atom. The number of hydrogen-bond acceptors (Lipinski definition) is 4. The van der Waals surface area contributed by atoms with Gasteiger partial charge >= 0.3 is 0 Å². The maximum atomic E-state index is 11.4. The van der Waals surface area contributed by atoms with E-state index >= 15 is 0 Å². The van der Waals surface area contributed by atoms with Gasteiger partial charge < -0.3 is 16.0 Å². The zero-order chi connectivity index (χ0) is 10.4. The molecule has 2 aliphatic carbocycles. The van der Waals surface area contributed by atoms with Crippen molar-refractivity contribution in [3.05, 3.63) is 22.2 Å². The Kier molecular flexibility index (Phi) is 1.82. The number of rotatable bonds is 3. The number of aromatic amines is 1. The predicted octanol–water partition coefficient (Wildman–Crippen LogP) is 0.159. The van der Waals surface area contributed by atoms with Crippen LogP contribution < -0.4 is 16.6 Å². The molecule has 2 fully saturated rings. The van der Waals surface area contributed by atoms with E-state index in [0.717, 1.165) is 25.1 Å². The van der Waals surface area contributed by atoms with Crippen LogP contribution in [-0.4, -0.2) is 22.1 Å². The van der Waals surface area contributed by atoms with Gasteiger partial charge in [-0.25, -0.2) is 4.98 Å². The molecule has 1 heterocycles. The standard InChI is InChI=1S/C10H14N4O/c11-6-3-7(6)12-8-4-9(15)14-10(13-8)5-1-2-5/h4-7H,1-3,11H2,(H2,12,13,14,15). The van der Waals surface area contributed by atoms with Crippen molar-refractivity contribution in [3.63, 3.8) is 0 Å². The summed E-state index contributed by atoms with van der Waals surface area (Å²) in [6.45, 7) is 0. The zero-order valence-corrected chi connectivity index (χ0v) is 8.36. The summed E-state index contributed by atoms with van der Waals surface area (Å²) in [7, 11) is 0. The average molecular weight is 206 g/mol. The van der Waals surface area contributed by atoms with Crippen molar-refractivity contribution in [2.24, 2.45) is 5.73 Å².